The summed E-state index contributed by atoms with van der Waals surface area (Å²) in [6.45, 7) is 1.03. The second kappa shape index (κ2) is 13.2. The van der Waals surface area contributed by atoms with Gasteiger partial charge in [-0.1, -0.05) is 15.9 Å². The molecule has 2 aromatic carbocycles. The van der Waals surface area contributed by atoms with Crippen molar-refractivity contribution in [3.63, 3.8) is 0 Å². The Labute approximate surface area is 184 Å². The molecule has 0 aliphatic rings. The zero-order valence-electron chi connectivity index (χ0n) is 16.1. The molecule has 0 aliphatic carbocycles. The molecule has 0 radical (unpaired) electrons. The van der Waals surface area contributed by atoms with Crippen molar-refractivity contribution < 1.29 is 23.8 Å². The predicted molar refractivity (Wildman–Crippen MR) is 116 cm³/mol. The molecule has 0 saturated carbocycles. The number of ether oxygens (including phenoxy) is 3. The van der Waals surface area contributed by atoms with Crippen LogP contribution in [0, 0.1) is 0 Å². The molecule has 0 N–H and O–H groups in total. The van der Waals surface area contributed by atoms with Crippen molar-refractivity contribution in [1.82, 2.24) is 0 Å². The molecule has 7 heteroatoms. The van der Waals surface area contributed by atoms with Crippen LogP contribution < -0.4 is 9.47 Å². The monoisotopic (exact) mass is 482 g/mol. The summed E-state index contributed by atoms with van der Waals surface area (Å²) >= 11 is 8.81. The summed E-state index contributed by atoms with van der Waals surface area (Å²) in [4.78, 5) is 23.3. The fraction of sp³-hybridized carbons (Fsp3) is 0.364. The lowest BCUT2D eigenvalue weighted by Gasteiger charge is -2.08. The molecule has 0 amide bonds. The summed E-state index contributed by atoms with van der Waals surface area (Å²) < 4.78 is 17.0. The molecule has 0 aliphatic heterocycles. The average molecular weight is 484 g/mol. The van der Waals surface area contributed by atoms with E-state index in [0.717, 1.165) is 30.2 Å². The van der Waals surface area contributed by atoms with Crippen LogP contribution in [0.3, 0.4) is 0 Å². The van der Waals surface area contributed by atoms with Crippen LogP contribution in [0.1, 0.15) is 42.5 Å². The Balaban J connectivity index is 1.60. The molecule has 2 aromatic rings. The highest BCUT2D eigenvalue weighted by molar-refractivity contribution is 9.10. The molecule has 0 heterocycles. The molecular weight excluding hydrogens is 460 g/mol. The van der Waals surface area contributed by atoms with Crippen molar-refractivity contribution in [3.05, 3.63) is 58.6 Å². The van der Waals surface area contributed by atoms with E-state index in [4.69, 9.17) is 25.8 Å². The van der Waals surface area contributed by atoms with E-state index in [9.17, 15) is 9.59 Å². The largest absolute Gasteiger partial charge is 0.494 e. The lowest BCUT2D eigenvalue weighted by molar-refractivity contribution is -0.143. The van der Waals surface area contributed by atoms with E-state index >= 15 is 0 Å². The summed E-state index contributed by atoms with van der Waals surface area (Å²) in [5.74, 6) is 0.842. The van der Waals surface area contributed by atoms with Crippen LogP contribution in [0.4, 0.5) is 0 Å². The third-order valence-electron chi connectivity index (χ3n) is 3.98. The van der Waals surface area contributed by atoms with Crippen LogP contribution in [0.25, 0.3) is 0 Å². The number of alkyl halides is 1. The van der Waals surface area contributed by atoms with Gasteiger partial charge in [-0.05, 0) is 74.2 Å². The van der Waals surface area contributed by atoms with Gasteiger partial charge in [0, 0.05) is 10.4 Å². The lowest BCUT2D eigenvalue weighted by Crippen LogP contribution is -2.08. The van der Waals surface area contributed by atoms with Gasteiger partial charge in [0.15, 0.2) is 0 Å². The summed E-state index contributed by atoms with van der Waals surface area (Å²) in [6, 6.07) is 14.0. The minimum absolute atomic E-state index is 0.243. The Kier molecular flexibility index (Phi) is 10.6. The van der Waals surface area contributed by atoms with Crippen LogP contribution in [0.15, 0.2) is 53.0 Å². The maximum absolute atomic E-state index is 12.2. The van der Waals surface area contributed by atoms with Gasteiger partial charge in [-0.25, -0.2) is 4.79 Å². The number of hydrogen-bond donors (Lipinski definition) is 0. The first kappa shape index (κ1) is 23.2. The van der Waals surface area contributed by atoms with Crippen molar-refractivity contribution in [2.75, 3.05) is 19.1 Å². The quantitative estimate of drug-likeness (QED) is 0.166. The molecule has 0 aromatic heterocycles. The maximum Gasteiger partial charge on any atom is 0.343 e. The number of unbranched alkanes of at least 4 members (excludes halogenated alkanes) is 3. The van der Waals surface area contributed by atoms with Gasteiger partial charge in [0.2, 0.25) is 0 Å². The standard InChI is InChI=1S/C22H24BrClO5/c23-18-7-11-20(12-8-18)29-22(26)17-5-9-19(10-6-17)27-15-3-1-2-4-16-28-21(25)13-14-24/h5-12H,1-4,13-16H2. The van der Waals surface area contributed by atoms with E-state index in [1.807, 2.05) is 12.1 Å². The minimum Gasteiger partial charge on any atom is -0.494 e. The Bertz CT molecular complexity index is 762. The van der Waals surface area contributed by atoms with Gasteiger partial charge >= 0.3 is 11.9 Å². The Morgan fingerprint density at radius 1 is 0.828 bits per heavy atom. The first-order valence-corrected chi connectivity index (χ1v) is 10.8. The molecule has 0 saturated heterocycles. The van der Waals surface area contributed by atoms with Gasteiger partial charge in [0.1, 0.15) is 11.5 Å². The topological polar surface area (TPSA) is 61.8 Å². The molecule has 5 nitrogen and oxygen atoms in total. The number of esters is 2. The van der Waals surface area contributed by atoms with Crippen LogP contribution in [0.5, 0.6) is 11.5 Å². The van der Waals surface area contributed by atoms with Crippen LogP contribution in [-0.2, 0) is 9.53 Å². The summed E-state index contributed by atoms with van der Waals surface area (Å²) in [7, 11) is 0. The fourth-order valence-corrected chi connectivity index (χ4v) is 2.86. The number of halogens is 2. The smallest absolute Gasteiger partial charge is 0.343 e. The van der Waals surface area contributed by atoms with E-state index in [1.54, 1.807) is 36.4 Å². The number of carbonyl (C=O) groups is 2. The number of hydrogen-bond acceptors (Lipinski definition) is 5. The van der Waals surface area contributed by atoms with Crippen LogP contribution in [-0.4, -0.2) is 31.0 Å². The summed E-state index contributed by atoms with van der Waals surface area (Å²) in [5.41, 5.74) is 0.462. The minimum atomic E-state index is -0.411. The van der Waals surface area contributed by atoms with Gasteiger partial charge in [-0.15, -0.1) is 11.6 Å². The average Bonchev–Trinajstić information content (AvgIpc) is 2.72. The highest BCUT2D eigenvalue weighted by Gasteiger charge is 2.09. The van der Waals surface area contributed by atoms with E-state index in [1.165, 1.54) is 0 Å². The Morgan fingerprint density at radius 2 is 1.45 bits per heavy atom. The molecule has 0 spiro atoms. The second-order valence-corrected chi connectivity index (χ2v) is 7.58. The number of carbonyl (C=O) groups excluding carboxylic acids is 2. The van der Waals surface area contributed by atoms with Gasteiger partial charge in [0.05, 0.1) is 25.2 Å². The van der Waals surface area contributed by atoms with E-state index in [-0.39, 0.29) is 12.4 Å². The third kappa shape index (κ3) is 9.33. The van der Waals surface area contributed by atoms with E-state index in [0.29, 0.717) is 36.2 Å². The summed E-state index contributed by atoms with van der Waals surface area (Å²) in [5, 5.41) is 0. The fourth-order valence-electron chi connectivity index (χ4n) is 2.44. The Morgan fingerprint density at radius 3 is 2.10 bits per heavy atom. The first-order chi connectivity index (χ1) is 14.1. The van der Waals surface area contributed by atoms with Crippen LogP contribution >= 0.6 is 27.5 Å². The van der Waals surface area contributed by atoms with Crippen molar-refractivity contribution in [3.8, 4) is 11.5 Å². The van der Waals surface area contributed by atoms with Gasteiger partial charge in [-0.2, -0.15) is 0 Å². The Hall–Kier alpha value is -2.05. The predicted octanol–water partition coefficient (Wildman–Crippen LogP) is 5.78. The lowest BCUT2D eigenvalue weighted by atomic mass is 10.2. The van der Waals surface area contributed by atoms with Gasteiger partial charge < -0.3 is 14.2 Å². The van der Waals surface area contributed by atoms with Crippen molar-refractivity contribution in [2.45, 2.75) is 32.1 Å². The number of benzene rings is 2. The molecule has 0 fully saturated rings. The van der Waals surface area contributed by atoms with Crippen molar-refractivity contribution >= 4 is 39.5 Å². The van der Waals surface area contributed by atoms with E-state index in [2.05, 4.69) is 15.9 Å². The maximum atomic E-state index is 12.2. The second-order valence-electron chi connectivity index (χ2n) is 6.29. The molecule has 2 rings (SSSR count). The molecular formula is C22H24BrClO5. The van der Waals surface area contributed by atoms with E-state index < -0.39 is 5.97 Å². The van der Waals surface area contributed by atoms with Crippen molar-refractivity contribution in [1.29, 1.82) is 0 Å². The molecule has 0 atom stereocenters. The normalized spacial score (nSPS) is 10.4. The third-order valence-corrected chi connectivity index (χ3v) is 4.70. The summed E-state index contributed by atoms with van der Waals surface area (Å²) in [6.07, 6.45) is 3.96. The zero-order chi connectivity index (χ0) is 20.9. The number of rotatable bonds is 12. The molecule has 0 unspecified atom stereocenters. The highest BCUT2D eigenvalue weighted by atomic mass is 79.9. The first-order valence-electron chi connectivity index (χ1n) is 9.50. The van der Waals surface area contributed by atoms with Gasteiger partial charge in [-0.3, -0.25) is 4.79 Å². The molecule has 29 heavy (non-hydrogen) atoms. The zero-order valence-corrected chi connectivity index (χ0v) is 18.4. The van der Waals surface area contributed by atoms with Gasteiger partial charge in [0.25, 0.3) is 0 Å². The van der Waals surface area contributed by atoms with Crippen molar-refractivity contribution in [2.24, 2.45) is 0 Å². The molecule has 156 valence electrons. The molecule has 0 bridgehead atoms. The highest BCUT2D eigenvalue weighted by Crippen LogP contribution is 2.19. The van der Waals surface area contributed by atoms with Crippen LogP contribution in [0.2, 0.25) is 0 Å². The SMILES string of the molecule is O=C(CCCl)OCCCCCCOc1ccc(C(=O)Oc2ccc(Br)cc2)cc1.